The Morgan fingerprint density at radius 3 is 2.52 bits per heavy atom. The highest BCUT2D eigenvalue weighted by Gasteiger charge is 2.09. The first-order valence-corrected chi connectivity index (χ1v) is 7.38. The van der Waals surface area contributed by atoms with E-state index in [-0.39, 0.29) is 0 Å². The Kier molecular flexibility index (Phi) is 4.31. The lowest BCUT2D eigenvalue weighted by atomic mass is 10.1. The molecule has 0 fully saturated rings. The van der Waals surface area contributed by atoms with Crippen molar-refractivity contribution in [1.29, 1.82) is 0 Å². The molecule has 0 aliphatic carbocycles. The number of pyridine rings is 1. The smallest absolute Gasteiger partial charge is 0.203 e. The summed E-state index contributed by atoms with van der Waals surface area (Å²) in [5.41, 5.74) is 3.47. The summed E-state index contributed by atoms with van der Waals surface area (Å²) in [6.07, 6.45) is 7.44. The predicted octanol–water partition coefficient (Wildman–Crippen LogP) is 4.23. The van der Waals surface area contributed by atoms with Gasteiger partial charge in [-0.25, -0.2) is 4.98 Å². The van der Waals surface area contributed by atoms with Crippen molar-refractivity contribution in [3.8, 4) is 11.3 Å². The van der Waals surface area contributed by atoms with Crippen LogP contribution in [0.1, 0.15) is 12.0 Å². The van der Waals surface area contributed by atoms with E-state index < -0.39 is 0 Å². The van der Waals surface area contributed by atoms with Gasteiger partial charge in [-0.05, 0) is 42.1 Å². The number of aromatic nitrogens is 3. The molecule has 0 saturated carbocycles. The number of hydrogen-bond donors (Lipinski definition) is 0. The number of nitrogens with zero attached hydrogens (tertiary/aromatic N) is 3. The molecule has 0 saturated heterocycles. The molecule has 0 unspecified atom stereocenters. The van der Waals surface area contributed by atoms with Gasteiger partial charge in [-0.1, -0.05) is 30.3 Å². The summed E-state index contributed by atoms with van der Waals surface area (Å²) in [6, 6.07) is 14.4. The molecule has 3 nitrogen and oxygen atoms in total. The van der Waals surface area contributed by atoms with Crippen LogP contribution in [0.3, 0.4) is 0 Å². The molecule has 106 valence electrons. The van der Waals surface area contributed by atoms with E-state index >= 15 is 0 Å². The monoisotopic (exact) mass is 297 g/mol. The van der Waals surface area contributed by atoms with E-state index in [2.05, 4.69) is 38.8 Å². The maximum atomic E-state index is 6.21. The number of aryl methyl sites for hydroxylation is 1. The van der Waals surface area contributed by atoms with E-state index in [9.17, 15) is 0 Å². The zero-order chi connectivity index (χ0) is 14.5. The van der Waals surface area contributed by atoms with E-state index in [0.29, 0.717) is 5.28 Å². The molecule has 0 aliphatic rings. The maximum absolute atomic E-state index is 6.21. The van der Waals surface area contributed by atoms with E-state index in [4.69, 9.17) is 11.6 Å². The average Bonchev–Trinajstić information content (AvgIpc) is 2.91. The number of hydrogen-bond acceptors (Lipinski definition) is 2. The van der Waals surface area contributed by atoms with Crippen LogP contribution in [0.5, 0.6) is 0 Å². The van der Waals surface area contributed by atoms with Gasteiger partial charge in [0, 0.05) is 24.5 Å². The van der Waals surface area contributed by atoms with Crippen molar-refractivity contribution in [3.63, 3.8) is 0 Å². The highest BCUT2D eigenvalue weighted by atomic mass is 35.5. The lowest BCUT2D eigenvalue weighted by molar-refractivity contribution is 0.647. The topological polar surface area (TPSA) is 30.7 Å². The second-order valence-corrected chi connectivity index (χ2v) is 5.23. The lowest BCUT2D eigenvalue weighted by Crippen LogP contribution is -2.02. The number of halogens is 1. The summed E-state index contributed by atoms with van der Waals surface area (Å²) in [5, 5.41) is 0.537. The van der Waals surface area contributed by atoms with Crippen LogP contribution in [-0.4, -0.2) is 14.5 Å². The number of imidazole rings is 1. The third-order valence-corrected chi connectivity index (χ3v) is 3.77. The Bertz CT molecular complexity index is 693. The SMILES string of the molecule is Clc1ncc(-c2ccncc2)n1CCCc1ccccc1. The normalized spacial score (nSPS) is 10.7. The second-order valence-electron chi connectivity index (χ2n) is 4.89. The zero-order valence-corrected chi connectivity index (χ0v) is 12.4. The van der Waals surface area contributed by atoms with Gasteiger partial charge < -0.3 is 4.57 Å². The Morgan fingerprint density at radius 1 is 1.00 bits per heavy atom. The second kappa shape index (κ2) is 6.55. The predicted molar refractivity (Wildman–Crippen MR) is 85.2 cm³/mol. The summed E-state index contributed by atoms with van der Waals surface area (Å²) >= 11 is 6.21. The molecule has 4 heteroatoms. The fourth-order valence-electron chi connectivity index (χ4n) is 2.40. The third-order valence-electron chi connectivity index (χ3n) is 3.47. The Balaban J connectivity index is 1.72. The van der Waals surface area contributed by atoms with Crippen LogP contribution in [0.2, 0.25) is 5.28 Å². The van der Waals surface area contributed by atoms with Gasteiger partial charge in [-0.3, -0.25) is 4.98 Å². The van der Waals surface area contributed by atoms with Crippen molar-refractivity contribution in [3.05, 3.63) is 71.9 Å². The van der Waals surface area contributed by atoms with Crippen LogP contribution in [0, 0.1) is 0 Å². The van der Waals surface area contributed by atoms with E-state index in [0.717, 1.165) is 30.6 Å². The minimum absolute atomic E-state index is 0.537. The molecule has 0 amide bonds. The highest BCUT2D eigenvalue weighted by molar-refractivity contribution is 6.28. The van der Waals surface area contributed by atoms with Gasteiger partial charge in [0.15, 0.2) is 0 Å². The summed E-state index contributed by atoms with van der Waals surface area (Å²) in [7, 11) is 0. The lowest BCUT2D eigenvalue weighted by Gasteiger charge is -2.09. The van der Waals surface area contributed by atoms with Gasteiger partial charge in [-0.2, -0.15) is 0 Å². The molecular formula is C17H16ClN3. The highest BCUT2D eigenvalue weighted by Crippen LogP contribution is 2.23. The van der Waals surface area contributed by atoms with E-state index in [1.54, 1.807) is 12.4 Å². The molecule has 2 heterocycles. The number of rotatable bonds is 5. The van der Waals surface area contributed by atoms with Gasteiger partial charge >= 0.3 is 0 Å². The van der Waals surface area contributed by atoms with Crippen LogP contribution in [0.25, 0.3) is 11.3 Å². The molecule has 0 atom stereocenters. The first kappa shape index (κ1) is 13.8. The molecule has 0 spiro atoms. The summed E-state index contributed by atoms with van der Waals surface area (Å²) in [5.74, 6) is 0. The number of benzene rings is 1. The third kappa shape index (κ3) is 3.31. The molecule has 2 aromatic heterocycles. The van der Waals surface area contributed by atoms with Crippen LogP contribution in [-0.2, 0) is 13.0 Å². The Labute approximate surface area is 129 Å². The Hall–Kier alpha value is -2.13. The van der Waals surface area contributed by atoms with Crippen LogP contribution < -0.4 is 0 Å². The molecule has 0 aliphatic heterocycles. The molecule has 21 heavy (non-hydrogen) atoms. The molecule has 0 radical (unpaired) electrons. The summed E-state index contributed by atoms with van der Waals surface area (Å²) in [6.45, 7) is 0.853. The molecular weight excluding hydrogens is 282 g/mol. The first-order valence-electron chi connectivity index (χ1n) is 7.00. The largest absolute Gasteiger partial charge is 0.315 e. The fourth-order valence-corrected chi connectivity index (χ4v) is 2.63. The fraction of sp³-hybridized carbons (Fsp3) is 0.176. The molecule has 0 N–H and O–H groups in total. The molecule has 0 bridgehead atoms. The van der Waals surface area contributed by atoms with Crippen molar-refractivity contribution >= 4 is 11.6 Å². The van der Waals surface area contributed by atoms with Crippen molar-refractivity contribution < 1.29 is 0 Å². The first-order chi connectivity index (χ1) is 10.3. The molecule has 3 aromatic rings. The molecule has 1 aromatic carbocycles. The minimum Gasteiger partial charge on any atom is -0.315 e. The van der Waals surface area contributed by atoms with Crippen molar-refractivity contribution in [2.45, 2.75) is 19.4 Å². The van der Waals surface area contributed by atoms with Crippen LogP contribution in [0.4, 0.5) is 0 Å². The standard InChI is InChI=1S/C17H16ClN3/c18-17-20-13-16(15-8-10-19-11-9-15)21(17)12-4-7-14-5-2-1-3-6-14/h1-3,5-6,8-11,13H,4,7,12H2. The van der Waals surface area contributed by atoms with Crippen molar-refractivity contribution in [2.24, 2.45) is 0 Å². The average molecular weight is 298 g/mol. The van der Waals surface area contributed by atoms with Gasteiger partial charge in [0.05, 0.1) is 11.9 Å². The summed E-state index contributed by atoms with van der Waals surface area (Å²) < 4.78 is 2.06. The van der Waals surface area contributed by atoms with Crippen molar-refractivity contribution in [1.82, 2.24) is 14.5 Å². The van der Waals surface area contributed by atoms with E-state index in [1.807, 2.05) is 24.4 Å². The maximum Gasteiger partial charge on any atom is 0.203 e. The molecule has 3 rings (SSSR count). The van der Waals surface area contributed by atoms with Crippen LogP contribution >= 0.6 is 11.6 Å². The van der Waals surface area contributed by atoms with Gasteiger partial charge in [0.25, 0.3) is 0 Å². The minimum atomic E-state index is 0.537. The van der Waals surface area contributed by atoms with Gasteiger partial charge in [0.1, 0.15) is 0 Å². The Morgan fingerprint density at radius 2 is 1.76 bits per heavy atom. The zero-order valence-electron chi connectivity index (χ0n) is 11.6. The van der Waals surface area contributed by atoms with Gasteiger partial charge in [-0.15, -0.1) is 0 Å². The van der Waals surface area contributed by atoms with Gasteiger partial charge in [0.2, 0.25) is 5.28 Å². The van der Waals surface area contributed by atoms with E-state index in [1.165, 1.54) is 5.56 Å². The van der Waals surface area contributed by atoms with Crippen molar-refractivity contribution in [2.75, 3.05) is 0 Å². The van der Waals surface area contributed by atoms with Crippen LogP contribution in [0.15, 0.2) is 61.1 Å². The quantitative estimate of drug-likeness (QED) is 0.705. The summed E-state index contributed by atoms with van der Waals surface area (Å²) in [4.78, 5) is 8.27.